The molecule has 8 rings (SSSR count). The van der Waals surface area contributed by atoms with Crippen LogP contribution < -0.4 is 10.2 Å². The smallest absolute Gasteiger partial charge is 0.313 e. The van der Waals surface area contributed by atoms with Gasteiger partial charge in [-0.1, -0.05) is 119 Å². The van der Waals surface area contributed by atoms with E-state index in [0.29, 0.717) is 27.7 Å². The number of hydrogen-bond donors (Lipinski definition) is 2. The van der Waals surface area contributed by atoms with Crippen LogP contribution in [0.25, 0.3) is 10.8 Å². The maximum Gasteiger partial charge on any atom is 0.313 e. The number of likely N-dealkylation sites (tertiary alicyclic amines) is 1. The standard InChI is InChI=1S/C42H38BrN3O7/c43-31-23-42-36-35(37(31)53-42)41(51)52-33(28-15-6-2-7-16-28)24-44-34(48)18-8-3-11-21-45(30-20-19-26-12-9-10-17-29(26)22-30)40(50)38(42)46(39(36)49)32(25-47)27-13-4-1-5-14-27/h1-7,9-17,19-20,22-23,32-33,35-38,47H,8,18,21,24-25H2,(H,44,48)/b11-3-/t32-,33+,35+,36-,37+,38+,42-/m1/s1. The van der Waals surface area contributed by atoms with Crippen LogP contribution in [0.5, 0.6) is 0 Å². The first-order valence-corrected chi connectivity index (χ1v) is 18.6. The molecule has 7 atom stereocenters. The molecule has 53 heavy (non-hydrogen) atoms. The number of hydrogen-bond acceptors (Lipinski definition) is 7. The average molecular weight is 777 g/mol. The first-order chi connectivity index (χ1) is 25.8. The summed E-state index contributed by atoms with van der Waals surface area (Å²) in [5.41, 5.74) is 0.342. The summed E-state index contributed by atoms with van der Waals surface area (Å²) < 4.78 is 13.5. The molecule has 4 aliphatic heterocycles. The summed E-state index contributed by atoms with van der Waals surface area (Å²) in [4.78, 5) is 61.0. The molecule has 270 valence electrons. The fourth-order valence-electron chi connectivity index (χ4n) is 8.31. The van der Waals surface area contributed by atoms with Crippen LogP contribution in [0.4, 0.5) is 5.69 Å². The van der Waals surface area contributed by atoms with E-state index in [1.807, 2.05) is 103 Å². The fraction of sp³-hybridized carbons (Fsp3) is 0.286. The molecule has 3 amide bonds. The zero-order valence-corrected chi connectivity index (χ0v) is 30.3. The minimum absolute atomic E-state index is 0.0287. The molecule has 1 spiro atoms. The van der Waals surface area contributed by atoms with E-state index in [4.69, 9.17) is 9.47 Å². The van der Waals surface area contributed by atoms with Crippen molar-refractivity contribution in [3.63, 3.8) is 0 Å². The Bertz CT molecular complexity index is 2120. The Morgan fingerprint density at radius 3 is 2.34 bits per heavy atom. The van der Waals surface area contributed by atoms with Gasteiger partial charge in [0.1, 0.15) is 29.8 Å². The molecule has 4 aromatic rings. The molecular weight excluding hydrogens is 738 g/mol. The van der Waals surface area contributed by atoms with Crippen LogP contribution in [-0.4, -0.2) is 71.1 Å². The number of nitrogens with zero attached hydrogens (tertiary/aromatic N) is 2. The Kier molecular flexibility index (Phi) is 9.48. The van der Waals surface area contributed by atoms with Crippen LogP contribution in [0.2, 0.25) is 0 Å². The first-order valence-electron chi connectivity index (χ1n) is 17.8. The summed E-state index contributed by atoms with van der Waals surface area (Å²) >= 11 is 3.63. The summed E-state index contributed by atoms with van der Waals surface area (Å²) in [6.07, 6.45) is 4.31. The van der Waals surface area contributed by atoms with Gasteiger partial charge in [-0.15, -0.1) is 0 Å². The normalized spacial score (nSPS) is 28.7. The number of aliphatic hydroxyl groups is 1. The summed E-state index contributed by atoms with van der Waals surface area (Å²) in [7, 11) is 0. The van der Waals surface area contributed by atoms with E-state index in [9.17, 15) is 14.7 Å². The highest BCUT2D eigenvalue weighted by Gasteiger charge is 2.75. The second-order valence-electron chi connectivity index (χ2n) is 13.8. The second-order valence-corrected chi connectivity index (χ2v) is 14.7. The zero-order chi connectivity index (χ0) is 36.7. The van der Waals surface area contributed by atoms with Crippen molar-refractivity contribution < 1.29 is 33.8 Å². The predicted octanol–water partition coefficient (Wildman–Crippen LogP) is 5.53. The van der Waals surface area contributed by atoms with E-state index in [-0.39, 0.29) is 25.4 Å². The van der Waals surface area contributed by atoms with Crippen molar-refractivity contribution in [3.05, 3.63) is 137 Å². The van der Waals surface area contributed by atoms with Gasteiger partial charge in [0.2, 0.25) is 11.8 Å². The van der Waals surface area contributed by atoms with Crippen LogP contribution in [0.3, 0.4) is 0 Å². The third-order valence-corrected chi connectivity index (χ3v) is 11.5. The highest BCUT2D eigenvalue weighted by Crippen LogP contribution is 2.60. The number of ether oxygens (including phenoxy) is 2. The van der Waals surface area contributed by atoms with Crippen LogP contribution in [0.15, 0.2) is 126 Å². The van der Waals surface area contributed by atoms with Gasteiger partial charge in [0, 0.05) is 23.1 Å². The van der Waals surface area contributed by atoms with E-state index in [1.165, 1.54) is 4.90 Å². The highest BCUT2D eigenvalue weighted by molar-refractivity contribution is 9.11. The van der Waals surface area contributed by atoms with Crippen LogP contribution >= 0.6 is 15.9 Å². The van der Waals surface area contributed by atoms with Crippen molar-refractivity contribution in [2.45, 2.75) is 42.7 Å². The van der Waals surface area contributed by atoms with Gasteiger partial charge in [0.05, 0.1) is 25.1 Å². The molecule has 0 radical (unpaired) electrons. The van der Waals surface area contributed by atoms with Gasteiger partial charge in [-0.25, -0.2) is 0 Å². The van der Waals surface area contributed by atoms with Gasteiger partial charge < -0.3 is 29.7 Å². The molecule has 2 N–H and O–H groups in total. The molecule has 0 aromatic heterocycles. The van der Waals surface area contributed by atoms with Gasteiger partial charge in [-0.05, 0) is 46.5 Å². The Labute approximate surface area is 315 Å². The third kappa shape index (κ3) is 6.16. The molecule has 2 fully saturated rings. The number of benzene rings is 4. The van der Waals surface area contributed by atoms with E-state index in [1.54, 1.807) is 23.1 Å². The number of fused-ring (bicyclic) bond motifs is 3. The van der Waals surface area contributed by atoms with E-state index in [0.717, 1.165) is 10.8 Å². The highest BCUT2D eigenvalue weighted by atomic mass is 79.9. The van der Waals surface area contributed by atoms with Gasteiger partial charge in [0.25, 0.3) is 5.91 Å². The Morgan fingerprint density at radius 1 is 0.868 bits per heavy atom. The maximum atomic E-state index is 15.5. The lowest BCUT2D eigenvalue weighted by Gasteiger charge is -2.39. The van der Waals surface area contributed by atoms with Gasteiger partial charge in [0.15, 0.2) is 0 Å². The summed E-state index contributed by atoms with van der Waals surface area (Å²) in [5.74, 6) is -4.09. The molecule has 0 unspecified atom stereocenters. The molecule has 4 aliphatic rings. The SMILES string of the molecule is O=C1CC/C=C\CN(c2ccc3ccccc3c2)C(=O)[C@@H]2N([C@H](CO)c3ccccc3)C(=O)[C@H]3[C@H](C(=O)O[C@H](c4ccccc4)CN1)[C@H]1O[C@@]23C=C1Br. The van der Waals surface area contributed by atoms with Crippen LogP contribution in [0.1, 0.15) is 36.1 Å². The zero-order valence-electron chi connectivity index (χ0n) is 28.7. The number of nitrogens with one attached hydrogen (secondary N) is 1. The topological polar surface area (TPSA) is 125 Å². The van der Waals surface area contributed by atoms with Crippen molar-refractivity contribution >= 4 is 56.1 Å². The number of cyclic esters (lactones) is 1. The number of halogens is 1. The maximum absolute atomic E-state index is 15.5. The van der Waals surface area contributed by atoms with Gasteiger partial charge in [-0.3, -0.25) is 19.2 Å². The number of allylic oxidation sites excluding steroid dienone is 1. The minimum Gasteiger partial charge on any atom is -0.455 e. The number of aliphatic hydroxyl groups excluding tert-OH is 1. The molecule has 2 saturated heterocycles. The number of amides is 3. The Morgan fingerprint density at radius 2 is 1.58 bits per heavy atom. The third-order valence-electron chi connectivity index (χ3n) is 10.8. The summed E-state index contributed by atoms with van der Waals surface area (Å²) in [6.45, 7) is -0.318. The van der Waals surface area contributed by atoms with E-state index < -0.39 is 66.1 Å². The number of carbonyl (C=O) groups is 4. The number of rotatable bonds is 5. The molecule has 4 aromatic carbocycles. The van der Waals surface area contributed by atoms with Gasteiger partial charge >= 0.3 is 5.97 Å². The summed E-state index contributed by atoms with van der Waals surface area (Å²) in [5, 5.41) is 15.8. The van der Waals surface area contributed by atoms with Crippen molar-refractivity contribution in [1.29, 1.82) is 0 Å². The monoisotopic (exact) mass is 775 g/mol. The van der Waals surface area contributed by atoms with Crippen LogP contribution in [-0.2, 0) is 28.7 Å². The van der Waals surface area contributed by atoms with Crippen LogP contribution in [0, 0.1) is 11.8 Å². The van der Waals surface area contributed by atoms with Crippen molar-refractivity contribution in [1.82, 2.24) is 10.2 Å². The molecular formula is C42H38BrN3O7. The molecule has 11 heteroatoms. The lowest BCUT2D eigenvalue weighted by Crippen LogP contribution is -2.57. The fourth-order valence-corrected chi connectivity index (χ4v) is 9.04. The lowest BCUT2D eigenvalue weighted by atomic mass is 9.74. The van der Waals surface area contributed by atoms with Crippen molar-refractivity contribution in [2.75, 3.05) is 24.6 Å². The largest absolute Gasteiger partial charge is 0.455 e. The molecule has 5 bridgehead atoms. The molecule has 0 aliphatic carbocycles. The number of carbonyl (C=O) groups excluding carboxylic acids is 4. The number of esters is 1. The first kappa shape index (κ1) is 35.0. The van der Waals surface area contributed by atoms with Crippen molar-refractivity contribution in [3.8, 4) is 0 Å². The quantitative estimate of drug-likeness (QED) is 0.202. The average Bonchev–Trinajstić information content (AvgIpc) is 3.78. The van der Waals surface area contributed by atoms with Gasteiger partial charge in [-0.2, -0.15) is 0 Å². The van der Waals surface area contributed by atoms with E-state index >= 15 is 9.59 Å². The molecule has 4 heterocycles. The Hall–Kier alpha value is -5.10. The van der Waals surface area contributed by atoms with E-state index in [2.05, 4.69) is 21.2 Å². The summed E-state index contributed by atoms with van der Waals surface area (Å²) in [6, 6.07) is 29.6. The predicted molar refractivity (Wildman–Crippen MR) is 201 cm³/mol. The number of anilines is 1. The lowest BCUT2D eigenvalue weighted by molar-refractivity contribution is -0.160. The van der Waals surface area contributed by atoms with Crippen molar-refractivity contribution in [2.24, 2.45) is 11.8 Å². The molecule has 10 nitrogen and oxygen atoms in total. The Balaban J connectivity index is 1.28. The minimum atomic E-state index is -1.56. The second kappa shape index (κ2) is 14.4. The molecule has 0 saturated carbocycles.